The van der Waals surface area contributed by atoms with Crippen LogP contribution in [-0.2, 0) is 4.79 Å². The molecule has 2 heterocycles. The van der Waals surface area contributed by atoms with Gasteiger partial charge in [0.1, 0.15) is 6.54 Å². The molecule has 4 nitrogen and oxygen atoms in total. The molecule has 2 unspecified atom stereocenters. The minimum Gasteiger partial charge on any atom is -0.396 e. The topological polar surface area (TPSA) is 43.8 Å². The van der Waals surface area contributed by atoms with Gasteiger partial charge in [0.05, 0.1) is 6.04 Å². The molecule has 1 amide bonds. The Morgan fingerprint density at radius 1 is 1.26 bits per heavy atom. The molecule has 7 heteroatoms. The summed E-state index contributed by atoms with van der Waals surface area (Å²) in [5.74, 6) is -0.283. The third kappa shape index (κ3) is 3.60. The number of amides is 1. The summed E-state index contributed by atoms with van der Waals surface area (Å²) < 4.78 is 37.0. The lowest BCUT2D eigenvalue weighted by Crippen LogP contribution is -2.48. The Bertz CT molecular complexity index is 335. The number of rotatable bonds is 3. The highest BCUT2D eigenvalue weighted by Crippen LogP contribution is 2.26. The highest BCUT2D eigenvalue weighted by molar-refractivity contribution is 5.84. The molecule has 0 aromatic rings. The summed E-state index contributed by atoms with van der Waals surface area (Å²) in [6.07, 6.45) is -2.08. The van der Waals surface area contributed by atoms with E-state index in [1.807, 2.05) is 4.90 Å². The summed E-state index contributed by atoms with van der Waals surface area (Å²) in [5, 5.41) is 9.15. The summed E-state index contributed by atoms with van der Waals surface area (Å²) in [4.78, 5) is 14.8. The second-order valence-corrected chi connectivity index (χ2v) is 5.37. The number of piperidine rings is 1. The van der Waals surface area contributed by atoms with Gasteiger partial charge in [-0.3, -0.25) is 9.69 Å². The van der Waals surface area contributed by atoms with Crippen LogP contribution in [-0.4, -0.2) is 65.8 Å². The molecule has 0 aromatic carbocycles. The first-order chi connectivity index (χ1) is 8.90. The molecule has 2 fully saturated rings. The van der Waals surface area contributed by atoms with Crippen LogP contribution >= 0.6 is 0 Å². The van der Waals surface area contributed by atoms with Gasteiger partial charge in [0.25, 0.3) is 0 Å². The first-order valence-corrected chi connectivity index (χ1v) is 6.61. The summed E-state index contributed by atoms with van der Waals surface area (Å²) in [7, 11) is 0. The van der Waals surface area contributed by atoms with Crippen molar-refractivity contribution in [3.8, 4) is 0 Å². The zero-order valence-corrected chi connectivity index (χ0v) is 10.7. The van der Waals surface area contributed by atoms with Gasteiger partial charge in [0.15, 0.2) is 0 Å². The summed E-state index contributed by atoms with van der Waals surface area (Å²) in [5.41, 5.74) is 0. The van der Waals surface area contributed by atoms with Crippen LogP contribution in [0.25, 0.3) is 0 Å². The van der Waals surface area contributed by atoms with E-state index < -0.39 is 24.7 Å². The molecule has 0 saturated carbocycles. The molecular weight excluding hydrogens is 261 g/mol. The van der Waals surface area contributed by atoms with E-state index in [9.17, 15) is 18.0 Å². The van der Waals surface area contributed by atoms with Crippen molar-refractivity contribution in [2.24, 2.45) is 5.92 Å². The van der Waals surface area contributed by atoms with E-state index >= 15 is 0 Å². The van der Waals surface area contributed by atoms with Gasteiger partial charge < -0.3 is 10.0 Å². The second kappa shape index (κ2) is 5.66. The molecular formula is C12H19F3N2O2. The average molecular weight is 280 g/mol. The standard InChI is InChI=1S/C12H19F3N2O2/c13-12(14,15)8-17-5-3-10(11(17)19)16-4-1-2-9(6-16)7-18/h9-10,18H,1-8H2. The third-order valence-corrected chi connectivity index (χ3v) is 3.89. The lowest BCUT2D eigenvalue weighted by molar-refractivity contribution is -0.159. The molecule has 19 heavy (non-hydrogen) atoms. The van der Waals surface area contributed by atoms with E-state index in [1.54, 1.807) is 0 Å². The maximum Gasteiger partial charge on any atom is 0.406 e. The zero-order chi connectivity index (χ0) is 14.0. The van der Waals surface area contributed by atoms with Crippen LogP contribution in [0.4, 0.5) is 13.2 Å². The number of hydrogen-bond donors (Lipinski definition) is 1. The number of hydrogen-bond acceptors (Lipinski definition) is 3. The van der Waals surface area contributed by atoms with Crippen LogP contribution in [0.5, 0.6) is 0 Å². The van der Waals surface area contributed by atoms with Crippen LogP contribution in [0.15, 0.2) is 0 Å². The van der Waals surface area contributed by atoms with E-state index in [2.05, 4.69) is 0 Å². The lowest BCUT2D eigenvalue weighted by atomic mass is 9.97. The molecule has 0 aliphatic carbocycles. The summed E-state index contributed by atoms with van der Waals surface area (Å²) >= 11 is 0. The van der Waals surface area contributed by atoms with Crippen molar-refractivity contribution in [2.45, 2.75) is 31.5 Å². The monoisotopic (exact) mass is 280 g/mol. The number of carbonyl (C=O) groups is 1. The van der Waals surface area contributed by atoms with E-state index in [-0.39, 0.29) is 19.1 Å². The Morgan fingerprint density at radius 2 is 2.00 bits per heavy atom. The number of alkyl halides is 3. The summed E-state index contributed by atoms with van der Waals surface area (Å²) in [6, 6.07) is -0.434. The van der Waals surface area contributed by atoms with Crippen molar-refractivity contribution < 1.29 is 23.1 Å². The number of nitrogens with zero attached hydrogens (tertiary/aromatic N) is 2. The zero-order valence-electron chi connectivity index (χ0n) is 10.7. The van der Waals surface area contributed by atoms with Crippen molar-refractivity contribution in [2.75, 3.05) is 32.8 Å². The first-order valence-electron chi connectivity index (χ1n) is 6.61. The lowest BCUT2D eigenvalue weighted by Gasteiger charge is -2.35. The van der Waals surface area contributed by atoms with Crippen LogP contribution in [0.1, 0.15) is 19.3 Å². The van der Waals surface area contributed by atoms with E-state index in [1.165, 1.54) is 0 Å². The number of carbonyl (C=O) groups excluding carboxylic acids is 1. The number of halogens is 3. The van der Waals surface area contributed by atoms with E-state index in [4.69, 9.17) is 5.11 Å². The highest BCUT2D eigenvalue weighted by Gasteiger charge is 2.42. The maximum atomic E-state index is 12.3. The maximum absolute atomic E-state index is 12.3. The van der Waals surface area contributed by atoms with Gasteiger partial charge in [-0.1, -0.05) is 0 Å². The predicted octanol–water partition coefficient (Wildman–Crippen LogP) is 0.854. The molecule has 2 rings (SSSR count). The fourth-order valence-electron chi connectivity index (χ4n) is 2.96. The largest absolute Gasteiger partial charge is 0.406 e. The number of aliphatic hydroxyl groups excluding tert-OH is 1. The van der Waals surface area contributed by atoms with E-state index in [0.29, 0.717) is 13.0 Å². The quantitative estimate of drug-likeness (QED) is 0.833. The fraction of sp³-hybridized carbons (Fsp3) is 0.917. The Balaban J connectivity index is 1.94. The molecule has 2 atom stereocenters. The Morgan fingerprint density at radius 3 is 2.63 bits per heavy atom. The minimum absolute atomic E-state index is 0.0731. The first kappa shape index (κ1) is 14.6. The average Bonchev–Trinajstić information content (AvgIpc) is 2.69. The summed E-state index contributed by atoms with van der Waals surface area (Å²) in [6.45, 7) is 0.423. The third-order valence-electron chi connectivity index (χ3n) is 3.89. The molecule has 2 aliphatic rings. The predicted molar refractivity (Wildman–Crippen MR) is 62.4 cm³/mol. The van der Waals surface area contributed by atoms with Gasteiger partial charge in [-0.25, -0.2) is 0 Å². The smallest absolute Gasteiger partial charge is 0.396 e. The van der Waals surface area contributed by atoms with Gasteiger partial charge >= 0.3 is 6.18 Å². The normalized spacial score (nSPS) is 30.1. The van der Waals surface area contributed by atoms with Crippen LogP contribution < -0.4 is 0 Å². The number of aliphatic hydroxyl groups is 1. The van der Waals surface area contributed by atoms with Crippen molar-refractivity contribution in [1.82, 2.24) is 9.80 Å². The minimum atomic E-state index is -4.33. The Labute approximate surface area is 110 Å². The van der Waals surface area contributed by atoms with Gasteiger partial charge in [0.2, 0.25) is 5.91 Å². The Kier molecular flexibility index (Phi) is 4.35. The molecule has 0 radical (unpaired) electrons. The molecule has 0 spiro atoms. The molecule has 1 N–H and O–H groups in total. The molecule has 110 valence electrons. The van der Waals surface area contributed by atoms with Crippen molar-refractivity contribution >= 4 is 5.91 Å². The van der Waals surface area contributed by atoms with Crippen molar-refractivity contribution in [1.29, 1.82) is 0 Å². The Hall–Kier alpha value is -0.820. The van der Waals surface area contributed by atoms with Gasteiger partial charge in [-0.05, 0) is 31.7 Å². The molecule has 0 aromatic heterocycles. The highest BCUT2D eigenvalue weighted by atomic mass is 19.4. The van der Waals surface area contributed by atoms with Crippen molar-refractivity contribution in [3.63, 3.8) is 0 Å². The molecule has 0 bridgehead atoms. The van der Waals surface area contributed by atoms with Gasteiger partial charge in [-0.2, -0.15) is 13.2 Å². The number of likely N-dealkylation sites (tertiary alicyclic amines) is 2. The van der Waals surface area contributed by atoms with Gasteiger partial charge in [-0.15, -0.1) is 0 Å². The van der Waals surface area contributed by atoms with Crippen molar-refractivity contribution in [3.05, 3.63) is 0 Å². The van der Waals surface area contributed by atoms with Gasteiger partial charge in [0, 0.05) is 19.7 Å². The van der Waals surface area contributed by atoms with Crippen LogP contribution in [0.2, 0.25) is 0 Å². The van der Waals surface area contributed by atoms with Crippen LogP contribution in [0, 0.1) is 5.92 Å². The fourth-order valence-corrected chi connectivity index (χ4v) is 2.96. The molecule has 2 aliphatic heterocycles. The van der Waals surface area contributed by atoms with Crippen LogP contribution in [0.3, 0.4) is 0 Å². The second-order valence-electron chi connectivity index (χ2n) is 5.37. The SMILES string of the molecule is O=C1C(N2CCCC(CO)C2)CCN1CC(F)(F)F. The molecule has 2 saturated heterocycles. The van der Waals surface area contributed by atoms with E-state index in [0.717, 1.165) is 24.3 Å².